The van der Waals surface area contributed by atoms with E-state index in [0.29, 0.717) is 34.8 Å². The zero-order chi connectivity index (χ0) is 21.3. The summed E-state index contributed by atoms with van der Waals surface area (Å²) in [6.07, 6.45) is 3.32. The van der Waals surface area contributed by atoms with E-state index < -0.39 is 0 Å². The summed E-state index contributed by atoms with van der Waals surface area (Å²) in [5.74, 6) is 1.56. The van der Waals surface area contributed by atoms with Crippen LogP contribution >= 0.6 is 0 Å². The number of hydrogen-bond donors (Lipinski definition) is 0. The highest BCUT2D eigenvalue weighted by atomic mass is 16.5. The second-order valence-electron chi connectivity index (χ2n) is 8.13. The third-order valence-corrected chi connectivity index (χ3v) is 5.45. The van der Waals surface area contributed by atoms with Crippen molar-refractivity contribution >= 4 is 5.69 Å². The van der Waals surface area contributed by atoms with Crippen LogP contribution in [0.3, 0.4) is 0 Å². The molecule has 6 nitrogen and oxygen atoms in total. The maximum Gasteiger partial charge on any atom is 0.256 e. The Balaban J connectivity index is 1.69. The quantitative estimate of drug-likeness (QED) is 0.514. The summed E-state index contributed by atoms with van der Waals surface area (Å²) in [7, 11) is 4.25. The van der Waals surface area contributed by atoms with E-state index >= 15 is 0 Å². The lowest BCUT2D eigenvalue weighted by Gasteiger charge is -2.31. The molecule has 6 heteroatoms. The zero-order valence-electron chi connectivity index (χ0n) is 17.8. The maximum atomic E-state index is 7.46. The Morgan fingerprint density at radius 1 is 1.23 bits per heavy atom. The van der Waals surface area contributed by atoms with Crippen LogP contribution in [0.5, 0.6) is 5.75 Å². The molecule has 3 aromatic rings. The summed E-state index contributed by atoms with van der Waals surface area (Å²) in [5, 5.41) is 4.26. The normalized spacial score (nSPS) is 15.8. The highest BCUT2D eigenvalue weighted by Gasteiger charge is 2.25. The number of ether oxygens (including phenoxy) is 1. The van der Waals surface area contributed by atoms with Crippen molar-refractivity contribution in [3.8, 4) is 28.6 Å². The smallest absolute Gasteiger partial charge is 0.256 e. The lowest BCUT2D eigenvalue weighted by atomic mass is 9.84. The predicted octanol–water partition coefficient (Wildman–Crippen LogP) is 5.68. The number of hydrogen-bond acceptors (Lipinski definition) is 5. The molecular weight excluding hydrogens is 376 g/mol. The predicted molar refractivity (Wildman–Crippen MR) is 117 cm³/mol. The highest BCUT2D eigenvalue weighted by Crippen LogP contribution is 2.38. The number of fused-ring (bicyclic) bond motifs is 1. The number of benzene rings is 2. The minimum atomic E-state index is 0.00149. The molecule has 1 atom stereocenters. The molecule has 0 aliphatic heterocycles. The van der Waals surface area contributed by atoms with Crippen molar-refractivity contribution in [3.63, 3.8) is 0 Å². The molecule has 2 aromatic carbocycles. The van der Waals surface area contributed by atoms with E-state index in [-0.39, 0.29) is 6.10 Å². The van der Waals surface area contributed by atoms with Crippen LogP contribution in [0.4, 0.5) is 5.69 Å². The topological polar surface area (TPSA) is 55.8 Å². The van der Waals surface area contributed by atoms with Crippen LogP contribution in [-0.2, 0) is 6.42 Å². The summed E-state index contributed by atoms with van der Waals surface area (Å²) >= 11 is 0. The monoisotopic (exact) mass is 402 g/mol. The largest absolute Gasteiger partial charge is 0.502 e. The molecule has 4 rings (SSSR count). The molecule has 154 valence electrons. The van der Waals surface area contributed by atoms with Crippen molar-refractivity contribution < 1.29 is 9.26 Å². The molecule has 0 fully saturated rings. The molecule has 0 N–H and O–H groups in total. The van der Waals surface area contributed by atoms with E-state index in [2.05, 4.69) is 52.2 Å². The van der Waals surface area contributed by atoms with Crippen molar-refractivity contribution in [2.24, 2.45) is 0 Å². The van der Waals surface area contributed by atoms with Gasteiger partial charge in [0.1, 0.15) is 5.75 Å². The van der Waals surface area contributed by atoms with E-state index in [1.165, 1.54) is 11.1 Å². The first-order valence-corrected chi connectivity index (χ1v) is 10.3. The van der Waals surface area contributed by atoms with Gasteiger partial charge in [-0.2, -0.15) is 4.98 Å². The zero-order valence-corrected chi connectivity index (χ0v) is 17.8. The molecule has 1 heterocycles. The molecule has 1 aliphatic rings. The number of nitrogens with zero attached hydrogens (tertiary/aromatic N) is 4. The van der Waals surface area contributed by atoms with E-state index in [1.807, 2.05) is 19.9 Å². The van der Waals surface area contributed by atoms with Crippen molar-refractivity contribution in [1.82, 2.24) is 15.0 Å². The Labute approximate surface area is 177 Å². The molecule has 0 radical (unpaired) electrons. The summed E-state index contributed by atoms with van der Waals surface area (Å²) < 4.78 is 11.3. The Kier molecular flexibility index (Phi) is 5.56. The molecular formula is C24H26N4O2. The van der Waals surface area contributed by atoms with Gasteiger partial charge in [0.05, 0.1) is 12.7 Å². The van der Waals surface area contributed by atoms with E-state index in [9.17, 15) is 0 Å². The molecule has 1 aromatic heterocycles. The molecule has 0 unspecified atom stereocenters. The first-order chi connectivity index (χ1) is 14.5. The van der Waals surface area contributed by atoms with Gasteiger partial charge in [-0.15, -0.1) is 0 Å². The van der Waals surface area contributed by atoms with Crippen molar-refractivity contribution in [2.75, 3.05) is 14.1 Å². The van der Waals surface area contributed by atoms with Crippen LogP contribution < -0.4 is 4.74 Å². The van der Waals surface area contributed by atoms with Crippen LogP contribution in [0.1, 0.15) is 43.9 Å². The molecule has 30 heavy (non-hydrogen) atoms. The Morgan fingerprint density at radius 2 is 2.07 bits per heavy atom. The molecule has 0 bridgehead atoms. The van der Waals surface area contributed by atoms with Crippen LogP contribution in [0, 0.1) is 6.57 Å². The van der Waals surface area contributed by atoms with Crippen molar-refractivity contribution in [2.45, 2.75) is 45.3 Å². The van der Waals surface area contributed by atoms with Gasteiger partial charge in [0, 0.05) is 17.2 Å². The molecule has 0 amide bonds. The Morgan fingerprint density at radius 3 is 2.80 bits per heavy atom. The fourth-order valence-electron chi connectivity index (χ4n) is 4.11. The van der Waals surface area contributed by atoms with Gasteiger partial charge < -0.3 is 14.2 Å². The highest BCUT2D eigenvalue weighted by molar-refractivity contribution is 5.70. The van der Waals surface area contributed by atoms with Crippen LogP contribution in [0.25, 0.3) is 27.7 Å². The van der Waals surface area contributed by atoms with Gasteiger partial charge >= 0.3 is 0 Å². The SMILES string of the molecule is [C-]#[N+]c1cc(-c2nc(-c3cccc4c3CCC[C@@H]4N(C)C)no2)ccc1OC(C)C. The lowest BCUT2D eigenvalue weighted by molar-refractivity contribution is 0.244. The summed E-state index contributed by atoms with van der Waals surface area (Å²) in [5.41, 5.74) is 4.83. The lowest BCUT2D eigenvalue weighted by Crippen LogP contribution is -2.24. The summed E-state index contributed by atoms with van der Waals surface area (Å²) in [6, 6.07) is 12.1. The standard InChI is InChI=1S/C24H26N4O2/c1-15(2)29-22-13-12-16(14-20(22)25-3)24-26-23(27-30-24)19-10-6-9-18-17(19)8-7-11-21(18)28(4)5/h6,9-10,12-15,21H,7-8,11H2,1-2,4-5H3/t21-/m0/s1. The summed E-state index contributed by atoms with van der Waals surface area (Å²) in [6.45, 7) is 11.3. The molecule has 0 saturated carbocycles. The molecule has 0 saturated heterocycles. The first-order valence-electron chi connectivity index (χ1n) is 10.3. The molecule has 0 spiro atoms. The average molecular weight is 402 g/mol. The third-order valence-electron chi connectivity index (χ3n) is 5.45. The van der Waals surface area contributed by atoms with Gasteiger partial charge in [0.15, 0.2) is 0 Å². The minimum absolute atomic E-state index is 0.00149. The van der Waals surface area contributed by atoms with Gasteiger partial charge in [0.2, 0.25) is 11.5 Å². The van der Waals surface area contributed by atoms with E-state index in [4.69, 9.17) is 15.8 Å². The van der Waals surface area contributed by atoms with Gasteiger partial charge in [-0.25, -0.2) is 4.85 Å². The van der Waals surface area contributed by atoms with Crippen LogP contribution in [0.2, 0.25) is 0 Å². The second-order valence-corrected chi connectivity index (χ2v) is 8.13. The van der Waals surface area contributed by atoms with E-state index in [1.54, 1.807) is 12.1 Å². The maximum absolute atomic E-state index is 7.46. The van der Waals surface area contributed by atoms with Gasteiger partial charge in [-0.1, -0.05) is 23.4 Å². The van der Waals surface area contributed by atoms with E-state index in [0.717, 1.165) is 24.8 Å². The Bertz CT molecular complexity index is 1090. The van der Waals surface area contributed by atoms with Crippen molar-refractivity contribution in [1.29, 1.82) is 0 Å². The van der Waals surface area contributed by atoms with Crippen molar-refractivity contribution in [3.05, 3.63) is 58.9 Å². The average Bonchev–Trinajstić information content (AvgIpc) is 3.22. The molecule has 1 aliphatic carbocycles. The summed E-state index contributed by atoms with van der Waals surface area (Å²) in [4.78, 5) is 10.5. The van der Waals surface area contributed by atoms with Crippen LogP contribution in [-0.4, -0.2) is 35.2 Å². The second kappa shape index (κ2) is 8.29. The third kappa shape index (κ3) is 3.81. The Hall–Kier alpha value is -3.17. The first kappa shape index (κ1) is 20.1. The number of aromatic nitrogens is 2. The number of rotatable bonds is 5. The minimum Gasteiger partial charge on any atom is -0.502 e. The fourth-order valence-corrected chi connectivity index (χ4v) is 4.11. The fraction of sp³-hybridized carbons (Fsp3) is 0.375. The van der Waals surface area contributed by atoms with Crippen LogP contribution in [0.15, 0.2) is 40.9 Å². The van der Waals surface area contributed by atoms with Gasteiger partial charge in [-0.3, -0.25) is 0 Å². The van der Waals surface area contributed by atoms with Gasteiger partial charge in [0.25, 0.3) is 5.89 Å². The van der Waals surface area contributed by atoms with Gasteiger partial charge in [-0.05, 0) is 76.5 Å².